The van der Waals surface area contributed by atoms with Gasteiger partial charge in [-0.2, -0.15) is 0 Å². The van der Waals surface area contributed by atoms with Crippen LogP contribution in [0.2, 0.25) is 0 Å². The number of hydrogen-bond donors (Lipinski definition) is 2. The van der Waals surface area contributed by atoms with E-state index in [9.17, 15) is 19.2 Å². The van der Waals surface area contributed by atoms with Crippen molar-refractivity contribution in [3.05, 3.63) is 25.3 Å². The van der Waals surface area contributed by atoms with E-state index in [1.165, 1.54) is 0 Å². The normalized spacial score (nSPS) is 19.7. The molecule has 0 aromatic heterocycles. The summed E-state index contributed by atoms with van der Waals surface area (Å²) in [5.74, 6) is -1.53. The van der Waals surface area contributed by atoms with E-state index in [0.717, 1.165) is 12.2 Å². The number of ether oxygens (including phenoxy) is 1. The van der Waals surface area contributed by atoms with Crippen molar-refractivity contribution in [3.8, 4) is 0 Å². The van der Waals surface area contributed by atoms with Crippen LogP contribution in [0.3, 0.4) is 0 Å². The molecule has 126 valence electrons. The molecule has 4 amide bonds. The molecule has 1 aliphatic rings. The average molecular weight is 326 g/mol. The minimum atomic E-state index is -1.42. The van der Waals surface area contributed by atoms with Gasteiger partial charge in [0, 0.05) is 0 Å². The van der Waals surface area contributed by atoms with E-state index in [1.54, 1.807) is 0 Å². The molecular weight excluding hydrogens is 308 g/mol. The molecule has 1 saturated heterocycles. The van der Waals surface area contributed by atoms with E-state index in [1.807, 2.05) is 0 Å². The summed E-state index contributed by atoms with van der Waals surface area (Å²) in [6.07, 6.45) is -1.32. The van der Waals surface area contributed by atoms with Crippen molar-refractivity contribution in [2.75, 3.05) is 13.1 Å². The minimum Gasteiger partial charge on any atom is -0.465 e. The van der Waals surface area contributed by atoms with Crippen LogP contribution >= 0.6 is 0 Å². The summed E-state index contributed by atoms with van der Waals surface area (Å²) in [7, 11) is 0. The average Bonchev–Trinajstić information content (AvgIpc) is 2.95. The lowest BCUT2D eigenvalue weighted by Gasteiger charge is -2.22. The Morgan fingerprint density at radius 3 is 1.52 bits per heavy atom. The Hall–Kier alpha value is -2.68. The number of nitrogens with zero attached hydrogens (tertiary/aromatic N) is 2. The predicted molar refractivity (Wildman–Crippen MR) is 77.8 cm³/mol. The van der Waals surface area contributed by atoms with Crippen LogP contribution in [-0.2, 0) is 14.3 Å². The van der Waals surface area contributed by atoms with Crippen LogP contribution in [0.5, 0.6) is 0 Å². The van der Waals surface area contributed by atoms with Gasteiger partial charge in [-0.15, -0.1) is 0 Å². The summed E-state index contributed by atoms with van der Waals surface area (Å²) in [5.41, 5.74) is 0. The molecule has 2 N–H and O–H groups in total. The summed E-state index contributed by atoms with van der Waals surface area (Å²) in [6, 6.07) is 0. The molecule has 0 aromatic carbocycles. The molecule has 0 bridgehead atoms. The van der Waals surface area contributed by atoms with Crippen LogP contribution in [-0.4, -0.2) is 69.3 Å². The molecule has 0 aromatic rings. The van der Waals surface area contributed by atoms with Gasteiger partial charge in [-0.3, -0.25) is 9.59 Å². The molecule has 2 unspecified atom stereocenters. The third-order valence-electron chi connectivity index (χ3n) is 3.31. The lowest BCUT2D eigenvalue weighted by molar-refractivity contribution is -0.126. The summed E-state index contributed by atoms with van der Waals surface area (Å²) in [4.78, 5) is 46.1. The molecule has 0 aliphatic carbocycles. The van der Waals surface area contributed by atoms with Gasteiger partial charge in [0.2, 0.25) is 0 Å². The fraction of sp³-hybridized carbons (Fsp3) is 0.429. The lowest BCUT2D eigenvalue weighted by atomic mass is 10.2. The highest BCUT2D eigenvalue weighted by molar-refractivity contribution is 5.98. The van der Waals surface area contributed by atoms with Crippen LogP contribution in [0.4, 0.5) is 9.59 Å². The first-order valence-corrected chi connectivity index (χ1v) is 6.79. The zero-order valence-corrected chi connectivity index (χ0v) is 12.4. The number of carbonyl (C=O) groups is 4. The number of hydrogen-bond acceptors (Lipinski definition) is 5. The van der Waals surface area contributed by atoms with E-state index in [2.05, 4.69) is 13.2 Å². The Balaban J connectivity index is 2.64. The number of amides is 4. The third kappa shape index (κ3) is 4.92. The van der Waals surface area contributed by atoms with Gasteiger partial charge in [0.15, 0.2) is 0 Å². The molecule has 1 heterocycles. The van der Waals surface area contributed by atoms with Gasteiger partial charge < -0.3 is 14.9 Å². The van der Waals surface area contributed by atoms with Crippen LogP contribution in [0.25, 0.3) is 0 Å². The molecule has 1 aliphatic heterocycles. The van der Waals surface area contributed by atoms with Crippen molar-refractivity contribution in [3.63, 3.8) is 0 Å². The second-order valence-electron chi connectivity index (χ2n) is 4.83. The standard InChI is InChI=1S/C14H18N2O7/c1-3-11(17)15(13(19)20)7-9-5-6-10(23-9)8-16(14(21)22)12(18)4-2/h3-4,9-10H,1-2,5-8H2,(H,19,20)(H,21,22). The molecule has 1 fully saturated rings. The van der Waals surface area contributed by atoms with E-state index in [0.29, 0.717) is 22.6 Å². The molecule has 23 heavy (non-hydrogen) atoms. The summed E-state index contributed by atoms with van der Waals surface area (Å²) >= 11 is 0. The molecule has 2 atom stereocenters. The summed E-state index contributed by atoms with van der Waals surface area (Å²) in [6.45, 7) is 6.09. The minimum absolute atomic E-state index is 0.181. The second-order valence-corrected chi connectivity index (χ2v) is 4.83. The number of imide groups is 2. The monoisotopic (exact) mass is 326 g/mol. The van der Waals surface area contributed by atoms with Gasteiger partial charge in [-0.1, -0.05) is 13.2 Å². The van der Waals surface area contributed by atoms with E-state index >= 15 is 0 Å². The number of rotatable bonds is 6. The molecule has 0 spiro atoms. The van der Waals surface area contributed by atoms with Crippen molar-refractivity contribution in [1.82, 2.24) is 9.80 Å². The van der Waals surface area contributed by atoms with Gasteiger partial charge in [-0.25, -0.2) is 19.4 Å². The molecule has 9 heteroatoms. The van der Waals surface area contributed by atoms with Crippen molar-refractivity contribution >= 4 is 24.0 Å². The van der Waals surface area contributed by atoms with Crippen molar-refractivity contribution in [2.24, 2.45) is 0 Å². The van der Waals surface area contributed by atoms with Crippen molar-refractivity contribution in [1.29, 1.82) is 0 Å². The Morgan fingerprint density at radius 2 is 1.26 bits per heavy atom. The first-order valence-electron chi connectivity index (χ1n) is 6.79. The van der Waals surface area contributed by atoms with Crippen LogP contribution in [0, 0.1) is 0 Å². The van der Waals surface area contributed by atoms with Gasteiger partial charge >= 0.3 is 12.2 Å². The molecular formula is C14H18N2O7. The number of carboxylic acid groups (broad SMARTS) is 2. The molecule has 1 rings (SSSR count). The highest BCUT2D eigenvalue weighted by atomic mass is 16.5. The zero-order valence-electron chi connectivity index (χ0n) is 12.4. The maximum atomic E-state index is 11.4. The van der Waals surface area contributed by atoms with Gasteiger partial charge in [-0.05, 0) is 25.0 Å². The topological polar surface area (TPSA) is 124 Å². The lowest BCUT2D eigenvalue weighted by Crippen LogP contribution is -2.42. The SMILES string of the molecule is C=CC(=O)N(CC1CCC(CN(C(=O)O)C(=O)C=C)O1)C(=O)O. The van der Waals surface area contributed by atoms with Crippen molar-refractivity contribution in [2.45, 2.75) is 25.0 Å². The Labute approximate surface area is 132 Å². The van der Waals surface area contributed by atoms with Crippen LogP contribution in [0.1, 0.15) is 12.8 Å². The first kappa shape index (κ1) is 18.4. The van der Waals surface area contributed by atoms with Crippen molar-refractivity contribution < 1.29 is 34.1 Å². The maximum absolute atomic E-state index is 11.4. The van der Waals surface area contributed by atoms with E-state index in [-0.39, 0.29) is 13.1 Å². The quantitative estimate of drug-likeness (QED) is 0.695. The smallest absolute Gasteiger partial charge is 0.414 e. The fourth-order valence-electron chi connectivity index (χ4n) is 2.20. The largest absolute Gasteiger partial charge is 0.465 e. The Morgan fingerprint density at radius 1 is 0.913 bits per heavy atom. The van der Waals surface area contributed by atoms with E-state index in [4.69, 9.17) is 14.9 Å². The maximum Gasteiger partial charge on any atom is 0.414 e. The highest BCUT2D eigenvalue weighted by Crippen LogP contribution is 2.22. The first-order chi connectivity index (χ1) is 10.8. The van der Waals surface area contributed by atoms with Crippen LogP contribution < -0.4 is 0 Å². The van der Waals surface area contributed by atoms with Crippen LogP contribution in [0.15, 0.2) is 25.3 Å². The van der Waals surface area contributed by atoms with Gasteiger partial charge in [0.1, 0.15) is 0 Å². The number of carbonyl (C=O) groups excluding carboxylic acids is 2. The molecule has 9 nitrogen and oxygen atoms in total. The summed E-state index contributed by atoms with van der Waals surface area (Å²) in [5, 5.41) is 18.0. The fourth-order valence-corrected chi connectivity index (χ4v) is 2.20. The predicted octanol–water partition coefficient (Wildman–Crippen LogP) is 0.919. The Bertz CT molecular complexity index is 485. The zero-order chi connectivity index (χ0) is 17.6. The second kappa shape index (κ2) is 8.08. The van der Waals surface area contributed by atoms with Gasteiger partial charge in [0.25, 0.3) is 11.8 Å². The summed E-state index contributed by atoms with van der Waals surface area (Å²) < 4.78 is 5.53. The highest BCUT2D eigenvalue weighted by Gasteiger charge is 2.33. The third-order valence-corrected chi connectivity index (χ3v) is 3.31. The molecule has 0 radical (unpaired) electrons. The van der Waals surface area contributed by atoms with Gasteiger partial charge in [0.05, 0.1) is 25.3 Å². The Kier molecular flexibility index (Phi) is 6.46. The molecule has 0 saturated carbocycles. The van der Waals surface area contributed by atoms with E-state index < -0.39 is 36.2 Å².